The number of benzene rings is 1. The normalized spacial score (nSPS) is 22.6. The first kappa shape index (κ1) is 14.7. The first-order valence-corrected chi connectivity index (χ1v) is 6.86. The lowest BCUT2D eigenvalue weighted by molar-refractivity contribution is -0.143. The number of carbonyl (C=O) groups excluding carboxylic acids is 1. The average Bonchev–Trinajstić information content (AvgIpc) is 2.41. The van der Waals surface area contributed by atoms with Gasteiger partial charge in [0, 0.05) is 18.2 Å². The zero-order valence-electron chi connectivity index (χ0n) is 11.2. The van der Waals surface area contributed by atoms with Crippen LogP contribution in [0.3, 0.4) is 0 Å². The van der Waals surface area contributed by atoms with Crippen molar-refractivity contribution < 1.29 is 14.7 Å². The Kier molecular flexibility index (Phi) is 4.18. The number of carbonyl (C=O) groups is 2. The van der Waals surface area contributed by atoms with E-state index in [1.165, 1.54) is 0 Å². The lowest BCUT2D eigenvalue weighted by Gasteiger charge is -2.36. The van der Waals surface area contributed by atoms with Crippen LogP contribution in [0.25, 0.3) is 0 Å². The number of nitrogen functional groups attached to an aromatic ring is 1. The smallest absolute Gasteiger partial charge is 0.306 e. The standard InChI is InChI=1S/C14H17ClN2O3/c1-8-6-10(14(19)20)4-5-17(8)13(18)9-2-3-12(16)11(15)7-9/h2-3,7-8,10H,4-6,16H2,1H3,(H,19,20). The first-order valence-electron chi connectivity index (χ1n) is 6.49. The van der Waals surface area contributed by atoms with Gasteiger partial charge in [-0.1, -0.05) is 11.6 Å². The summed E-state index contributed by atoms with van der Waals surface area (Å²) in [4.78, 5) is 25.1. The van der Waals surface area contributed by atoms with E-state index in [0.717, 1.165) is 0 Å². The molecule has 2 unspecified atom stereocenters. The third kappa shape index (κ3) is 2.88. The van der Waals surface area contributed by atoms with Crippen molar-refractivity contribution in [2.45, 2.75) is 25.8 Å². The van der Waals surface area contributed by atoms with Crippen molar-refractivity contribution >= 4 is 29.2 Å². The number of hydrogen-bond acceptors (Lipinski definition) is 3. The number of halogens is 1. The maximum Gasteiger partial charge on any atom is 0.306 e. The van der Waals surface area contributed by atoms with Gasteiger partial charge in [0.25, 0.3) is 5.91 Å². The van der Waals surface area contributed by atoms with E-state index in [4.69, 9.17) is 22.4 Å². The molecule has 1 aromatic carbocycles. The highest BCUT2D eigenvalue weighted by Crippen LogP contribution is 2.26. The van der Waals surface area contributed by atoms with Crippen molar-refractivity contribution in [1.29, 1.82) is 0 Å². The summed E-state index contributed by atoms with van der Waals surface area (Å²) in [5, 5.41) is 9.38. The highest BCUT2D eigenvalue weighted by molar-refractivity contribution is 6.33. The Morgan fingerprint density at radius 1 is 1.45 bits per heavy atom. The molecule has 0 aliphatic carbocycles. The van der Waals surface area contributed by atoms with Crippen LogP contribution in [0.2, 0.25) is 5.02 Å². The predicted octanol–water partition coefficient (Wildman–Crippen LogP) is 2.25. The van der Waals surface area contributed by atoms with Crippen molar-refractivity contribution in [3.63, 3.8) is 0 Å². The molecule has 20 heavy (non-hydrogen) atoms. The predicted molar refractivity (Wildman–Crippen MR) is 76.7 cm³/mol. The molecule has 0 bridgehead atoms. The van der Waals surface area contributed by atoms with Crippen molar-refractivity contribution in [3.05, 3.63) is 28.8 Å². The minimum atomic E-state index is -0.792. The molecule has 0 radical (unpaired) electrons. The van der Waals surface area contributed by atoms with E-state index in [2.05, 4.69) is 0 Å². The SMILES string of the molecule is CC1CC(C(=O)O)CCN1C(=O)c1ccc(N)c(Cl)c1. The van der Waals surface area contributed by atoms with E-state index < -0.39 is 5.97 Å². The molecule has 0 aromatic heterocycles. The number of nitrogens with zero attached hydrogens (tertiary/aromatic N) is 1. The van der Waals surface area contributed by atoms with Crippen LogP contribution in [0.15, 0.2) is 18.2 Å². The average molecular weight is 297 g/mol. The molecule has 1 fully saturated rings. The van der Waals surface area contributed by atoms with Gasteiger partial charge >= 0.3 is 5.97 Å². The molecule has 5 nitrogen and oxygen atoms in total. The van der Waals surface area contributed by atoms with Gasteiger partial charge in [-0.15, -0.1) is 0 Å². The van der Waals surface area contributed by atoms with Gasteiger partial charge in [0.15, 0.2) is 0 Å². The number of hydrogen-bond donors (Lipinski definition) is 2. The van der Waals surface area contributed by atoms with Gasteiger partial charge in [-0.3, -0.25) is 9.59 Å². The molecule has 1 aliphatic rings. The zero-order chi connectivity index (χ0) is 14.9. The molecule has 6 heteroatoms. The highest BCUT2D eigenvalue weighted by atomic mass is 35.5. The fourth-order valence-corrected chi connectivity index (χ4v) is 2.70. The van der Waals surface area contributed by atoms with Gasteiger partial charge in [-0.2, -0.15) is 0 Å². The second-order valence-corrected chi connectivity index (χ2v) is 5.55. The number of anilines is 1. The number of carboxylic acid groups (broad SMARTS) is 1. The van der Waals surface area contributed by atoms with Gasteiger partial charge in [0.1, 0.15) is 0 Å². The Balaban J connectivity index is 2.13. The van der Waals surface area contributed by atoms with Crippen molar-refractivity contribution in [2.24, 2.45) is 5.92 Å². The van der Waals surface area contributed by atoms with Crippen LogP contribution in [-0.4, -0.2) is 34.5 Å². The fourth-order valence-electron chi connectivity index (χ4n) is 2.52. The largest absolute Gasteiger partial charge is 0.481 e. The van der Waals surface area contributed by atoms with E-state index in [9.17, 15) is 9.59 Å². The number of piperidine rings is 1. The monoisotopic (exact) mass is 296 g/mol. The summed E-state index contributed by atoms with van der Waals surface area (Å²) < 4.78 is 0. The Hall–Kier alpha value is -1.75. The molecule has 108 valence electrons. The minimum Gasteiger partial charge on any atom is -0.481 e. The molecule has 3 N–H and O–H groups in total. The molecule has 1 aromatic rings. The van der Waals surface area contributed by atoms with Crippen LogP contribution in [0.5, 0.6) is 0 Å². The van der Waals surface area contributed by atoms with Crippen molar-refractivity contribution in [3.8, 4) is 0 Å². The maximum absolute atomic E-state index is 12.4. The summed E-state index contributed by atoms with van der Waals surface area (Å²) >= 11 is 5.92. The van der Waals surface area contributed by atoms with E-state index in [1.54, 1.807) is 23.1 Å². The molecule has 1 aliphatic heterocycles. The molecule has 1 heterocycles. The van der Waals surface area contributed by atoms with Crippen LogP contribution in [0, 0.1) is 5.92 Å². The van der Waals surface area contributed by atoms with Crippen LogP contribution < -0.4 is 5.73 Å². The summed E-state index contributed by atoms with van der Waals surface area (Å²) in [7, 11) is 0. The molecule has 2 atom stereocenters. The highest BCUT2D eigenvalue weighted by Gasteiger charge is 2.32. The van der Waals surface area contributed by atoms with Crippen LogP contribution in [0.4, 0.5) is 5.69 Å². The van der Waals surface area contributed by atoms with E-state index in [1.807, 2.05) is 6.92 Å². The molecule has 0 saturated carbocycles. The van der Waals surface area contributed by atoms with Crippen LogP contribution in [0.1, 0.15) is 30.1 Å². The Bertz CT molecular complexity index is 547. The second kappa shape index (κ2) is 5.71. The third-order valence-corrected chi connectivity index (χ3v) is 4.06. The molecule has 1 saturated heterocycles. The first-order chi connectivity index (χ1) is 9.40. The Morgan fingerprint density at radius 2 is 2.15 bits per heavy atom. The summed E-state index contributed by atoms with van der Waals surface area (Å²) in [6, 6.07) is 4.69. The van der Waals surface area contributed by atoms with E-state index in [-0.39, 0.29) is 17.9 Å². The molecule has 1 amide bonds. The fraction of sp³-hybridized carbons (Fsp3) is 0.429. The zero-order valence-corrected chi connectivity index (χ0v) is 11.9. The van der Waals surface area contributed by atoms with Gasteiger partial charge in [0.05, 0.1) is 16.6 Å². The number of carboxylic acids is 1. The summed E-state index contributed by atoms with van der Waals surface area (Å²) in [5.74, 6) is -1.30. The molecular weight excluding hydrogens is 280 g/mol. The van der Waals surface area contributed by atoms with Gasteiger partial charge in [-0.25, -0.2) is 0 Å². The maximum atomic E-state index is 12.4. The summed E-state index contributed by atoms with van der Waals surface area (Å²) in [5.41, 5.74) is 6.53. The molecule has 2 rings (SSSR count). The lowest BCUT2D eigenvalue weighted by Crippen LogP contribution is -2.46. The van der Waals surface area contributed by atoms with Crippen molar-refractivity contribution in [1.82, 2.24) is 4.90 Å². The Morgan fingerprint density at radius 3 is 2.70 bits per heavy atom. The summed E-state index contributed by atoms with van der Waals surface area (Å²) in [6.07, 6.45) is 0.956. The molecular formula is C14H17ClN2O3. The number of rotatable bonds is 2. The van der Waals surface area contributed by atoms with Crippen LogP contribution >= 0.6 is 11.6 Å². The third-order valence-electron chi connectivity index (χ3n) is 3.73. The Labute approximate surface area is 122 Å². The number of amides is 1. The molecule has 0 spiro atoms. The number of nitrogens with two attached hydrogens (primary N) is 1. The van der Waals surface area contributed by atoms with Gasteiger partial charge in [-0.05, 0) is 38.0 Å². The number of aliphatic carboxylic acids is 1. The van der Waals surface area contributed by atoms with E-state index in [0.29, 0.717) is 35.7 Å². The minimum absolute atomic E-state index is 0.103. The van der Waals surface area contributed by atoms with Gasteiger partial charge < -0.3 is 15.7 Å². The quantitative estimate of drug-likeness (QED) is 0.820. The summed E-state index contributed by atoms with van der Waals surface area (Å²) in [6.45, 7) is 2.31. The second-order valence-electron chi connectivity index (χ2n) is 5.14. The van der Waals surface area contributed by atoms with E-state index >= 15 is 0 Å². The van der Waals surface area contributed by atoms with Gasteiger partial charge in [0.2, 0.25) is 0 Å². The van der Waals surface area contributed by atoms with Crippen molar-refractivity contribution in [2.75, 3.05) is 12.3 Å². The number of likely N-dealkylation sites (tertiary alicyclic amines) is 1. The lowest BCUT2D eigenvalue weighted by atomic mass is 9.91. The topological polar surface area (TPSA) is 83.6 Å². The van der Waals surface area contributed by atoms with Crippen LogP contribution in [-0.2, 0) is 4.79 Å².